The van der Waals surface area contributed by atoms with Crippen molar-refractivity contribution in [2.75, 3.05) is 26.7 Å². The van der Waals surface area contributed by atoms with Crippen molar-refractivity contribution in [3.05, 3.63) is 53.7 Å². The lowest BCUT2D eigenvalue weighted by atomic mass is 9.99. The normalized spacial score (nSPS) is 17.8. The van der Waals surface area contributed by atoms with Gasteiger partial charge in [0.05, 0.1) is 11.3 Å². The maximum absolute atomic E-state index is 13.3. The highest BCUT2D eigenvalue weighted by molar-refractivity contribution is 7.87. The van der Waals surface area contributed by atoms with Crippen LogP contribution >= 0.6 is 0 Å². The fraction of sp³-hybridized carbons (Fsp3) is 0.368. The standard InChI is InChI=1S/C19H22F2N4O3S/c1-22-29(27,28)25-6-2-3-13(12-25)10-24-19(26)14-4-5-18(23-11-14)15-7-16(20)9-17(21)8-15/h4-5,7-9,11,13,22H,2-3,6,10,12H2,1H3,(H,24,26). The lowest BCUT2D eigenvalue weighted by Crippen LogP contribution is -2.47. The third kappa shape index (κ3) is 5.34. The van der Waals surface area contributed by atoms with Crippen LogP contribution in [0.5, 0.6) is 0 Å². The molecule has 7 nitrogen and oxygen atoms in total. The number of amides is 1. The van der Waals surface area contributed by atoms with Gasteiger partial charge in [0.1, 0.15) is 11.6 Å². The van der Waals surface area contributed by atoms with E-state index in [1.165, 1.54) is 41.8 Å². The molecule has 0 saturated carbocycles. The van der Waals surface area contributed by atoms with Crippen molar-refractivity contribution in [3.63, 3.8) is 0 Å². The van der Waals surface area contributed by atoms with Crippen LogP contribution in [0.15, 0.2) is 36.5 Å². The summed E-state index contributed by atoms with van der Waals surface area (Å²) < 4.78 is 54.2. The van der Waals surface area contributed by atoms with E-state index in [2.05, 4.69) is 15.0 Å². The van der Waals surface area contributed by atoms with E-state index in [9.17, 15) is 22.0 Å². The Morgan fingerprint density at radius 3 is 2.59 bits per heavy atom. The maximum Gasteiger partial charge on any atom is 0.279 e. The number of nitrogens with one attached hydrogen (secondary N) is 2. The fourth-order valence-electron chi connectivity index (χ4n) is 3.28. The van der Waals surface area contributed by atoms with Gasteiger partial charge in [0.25, 0.3) is 16.1 Å². The van der Waals surface area contributed by atoms with Gasteiger partial charge < -0.3 is 5.32 Å². The molecule has 0 spiro atoms. The van der Waals surface area contributed by atoms with Crippen LogP contribution in [0.3, 0.4) is 0 Å². The predicted molar refractivity (Wildman–Crippen MR) is 104 cm³/mol. The van der Waals surface area contributed by atoms with Crippen LogP contribution in [-0.2, 0) is 10.2 Å². The molecule has 2 aromatic rings. The van der Waals surface area contributed by atoms with Gasteiger partial charge in [-0.25, -0.2) is 13.5 Å². The van der Waals surface area contributed by atoms with Crippen molar-refractivity contribution < 1.29 is 22.0 Å². The summed E-state index contributed by atoms with van der Waals surface area (Å²) >= 11 is 0. The van der Waals surface area contributed by atoms with Gasteiger partial charge in [-0.2, -0.15) is 12.7 Å². The van der Waals surface area contributed by atoms with E-state index in [-0.39, 0.29) is 17.4 Å². The van der Waals surface area contributed by atoms with Crippen LogP contribution in [0, 0.1) is 17.6 Å². The Hall–Kier alpha value is -2.43. The van der Waals surface area contributed by atoms with Gasteiger partial charge in [0.15, 0.2) is 0 Å². The van der Waals surface area contributed by atoms with Crippen molar-refractivity contribution >= 4 is 16.1 Å². The lowest BCUT2D eigenvalue weighted by Gasteiger charge is -2.31. The van der Waals surface area contributed by atoms with Gasteiger partial charge in [0, 0.05) is 44.5 Å². The Bertz CT molecular complexity index is 963. The molecule has 1 atom stereocenters. The summed E-state index contributed by atoms with van der Waals surface area (Å²) in [5.74, 6) is -1.74. The van der Waals surface area contributed by atoms with Crippen LogP contribution in [0.1, 0.15) is 23.2 Å². The molecule has 1 aromatic heterocycles. The average Bonchev–Trinajstić information content (AvgIpc) is 2.71. The van der Waals surface area contributed by atoms with E-state index < -0.39 is 21.8 Å². The van der Waals surface area contributed by atoms with Crippen molar-refractivity contribution in [2.24, 2.45) is 5.92 Å². The number of hydrogen-bond donors (Lipinski definition) is 2. The third-order valence-corrected chi connectivity index (χ3v) is 6.34. The molecule has 1 aliphatic heterocycles. The highest BCUT2D eigenvalue weighted by Gasteiger charge is 2.28. The zero-order valence-electron chi connectivity index (χ0n) is 15.9. The number of benzene rings is 1. The summed E-state index contributed by atoms with van der Waals surface area (Å²) in [5, 5.41) is 2.80. The van der Waals surface area contributed by atoms with Crippen molar-refractivity contribution in [3.8, 4) is 11.3 Å². The third-order valence-electron chi connectivity index (χ3n) is 4.81. The minimum atomic E-state index is -3.47. The number of carbonyl (C=O) groups excluding carboxylic acids is 1. The summed E-state index contributed by atoms with van der Waals surface area (Å²) in [7, 11) is -2.10. The summed E-state index contributed by atoms with van der Waals surface area (Å²) in [6.07, 6.45) is 2.88. The number of pyridine rings is 1. The minimum absolute atomic E-state index is 0.0123. The van der Waals surface area contributed by atoms with Crippen LogP contribution in [-0.4, -0.2) is 50.3 Å². The van der Waals surface area contributed by atoms with E-state index in [0.29, 0.717) is 30.9 Å². The van der Waals surface area contributed by atoms with Gasteiger partial charge in [-0.15, -0.1) is 0 Å². The summed E-state index contributed by atoms with van der Waals surface area (Å²) in [6.45, 7) is 1.14. The molecule has 0 bridgehead atoms. The first-order chi connectivity index (χ1) is 13.8. The zero-order valence-corrected chi connectivity index (χ0v) is 16.7. The average molecular weight is 424 g/mol. The largest absolute Gasteiger partial charge is 0.352 e. The number of hydrogen-bond acceptors (Lipinski definition) is 4. The number of nitrogens with zero attached hydrogens (tertiary/aromatic N) is 2. The second kappa shape index (κ2) is 8.93. The molecule has 1 aromatic carbocycles. The summed E-state index contributed by atoms with van der Waals surface area (Å²) in [5.41, 5.74) is 0.934. The molecule has 1 aliphatic rings. The van der Waals surface area contributed by atoms with Crippen molar-refractivity contribution in [1.82, 2.24) is 19.3 Å². The van der Waals surface area contributed by atoms with E-state index in [1.54, 1.807) is 0 Å². The maximum atomic E-state index is 13.3. The Morgan fingerprint density at radius 2 is 1.97 bits per heavy atom. The molecule has 2 N–H and O–H groups in total. The van der Waals surface area contributed by atoms with Gasteiger partial charge in [0.2, 0.25) is 0 Å². The second-order valence-electron chi connectivity index (χ2n) is 6.88. The molecular formula is C19H22F2N4O3S. The second-order valence-corrected chi connectivity index (χ2v) is 8.75. The fourth-order valence-corrected chi connectivity index (χ4v) is 4.32. The molecular weight excluding hydrogens is 402 g/mol. The molecule has 0 aliphatic carbocycles. The van der Waals surface area contributed by atoms with Crippen LogP contribution in [0.2, 0.25) is 0 Å². The van der Waals surface area contributed by atoms with Gasteiger partial charge in [-0.3, -0.25) is 9.78 Å². The smallest absolute Gasteiger partial charge is 0.279 e. The van der Waals surface area contributed by atoms with Crippen LogP contribution < -0.4 is 10.0 Å². The molecule has 3 rings (SSSR count). The van der Waals surface area contributed by atoms with Crippen molar-refractivity contribution in [1.29, 1.82) is 0 Å². The highest BCUT2D eigenvalue weighted by atomic mass is 32.2. The van der Waals surface area contributed by atoms with Gasteiger partial charge >= 0.3 is 0 Å². The SMILES string of the molecule is CNS(=O)(=O)N1CCCC(CNC(=O)c2ccc(-c3cc(F)cc(F)c3)nc2)C1. The Labute approximate surface area is 168 Å². The van der Waals surface area contributed by atoms with Crippen molar-refractivity contribution in [2.45, 2.75) is 12.8 Å². The van der Waals surface area contributed by atoms with Crippen LogP contribution in [0.4, 0.5) is 8.78 Å². The first-order valence-electron chi connectivity index (χ1n) is 9.18. The molecule has 1 unspecified atom stereocenters. The Kier molecular flexibility index (Phi) is 6.56. The number of piperidine rings is 1. The summed E-state index contributed by atoms with van der Waals surface area (Å²) in [6, 6.07) is 6.15. The molecule has 10 heteroatoms. The van der Waals surface area contributed by atoms with E-state index in [0.717, 1.165) is 18.9 Å². The van der Waals surface area contributed by atoms with E-state index in [4.69, 9.17) is 0 Å². The molecule has 0 radical (unpaired) electrons. The number of aromatic nitrogens is 1. The Morgan fingerprint density at radius 1 is 1.24 bits per heavy atom. The van der Waals surface area contributed by atoms with E-state index >= 15 is 0 Å². The van der Waals surface area contributed by atoms with Gasteiger partial charge in [-0.1, -0.05) is 0 Å². The van der Waals surface area contributed by atoms with Crippen LogP contribution in [0.25, 0.3) is 11.3 Å². The topological polar surface area (TPSA) is 91.4 Å². The summed E-state index contributed by atoms with van der Waals surface area (Å²) in [4.78, 5) is 16.5. The predicted octanol–water partition coefficient (Wildman–Crippen LogP) is 1.93. The first-order valence-corrected chi connectivity index (χ1v) is 10.6. The molecule has 29 heavy (non-hydrogen) atoms. The number of halogens is 2. The molecule has 1 saturated heterocycles. The molecule has 2 heterocycles. The van der Waals surface area contributed by atoms with E-state index in [1.807, 2.05) is 0 Å². The number of carbonyl (C=O) groups is 1. The molecule has 1 amide bonds. The minimum Gasteiger partial charge on any atom is -0.352 e. The highest BCUT2D eigenvalue weighted by Crippen LogP contribution is 2.20. The molecule has 156 valence electrons. The first kappa shape index (κ1) is 21.3. The number of rotatable bonds is 6. The molecule has 1 fully saturated rings. The Balaban J connectivity index is 1.60. The lowest BCUT2D eigenvalue weighted by molar-refractivity contribution is 0.0941. The monoisotopic (exact) mass is 424 g/mol. The quantitative estimate of drug-likeness (QED) is 0.741. The zero-order chi connectivity index (χ0) is 21.0. The van der Waals surface area contributed by atoms with Gasteiger partial charge in [-0.05, 0) is 43.0 Å².